The fourth-order valence-electron chi connectivity index (χ4n) is 1.41. The van der Waals surface area contributed by atoms with Gasteiger partial charge in [0.25, 0.3) is 5.92 Å². The van der Waals surface area contributed by atoms with Gasteiger partial charge in [-0.05, 0) is 20.8 Å². The first-order valence-electron chi connectivity index (χ1n) is 5.71. The highest BCUT2D eigenvalue weighted by Crippen LogP contribution is 2.21. The molecule has 0 unspecified atom stereocenters. The second-order valence-corrected chi connectivity index (χ2v) is 3.99. The molecule has 0 bridgehead atoms. The molecule has 0 saturated carbocycles. The van der Waals surface area contributed by atoms with Crippen LogP contribution in [0.15, 0.2) is 0 Å². The molecule has 1 rings (SSSR count). The Bertz CT molecular complexity index is 412. The third-order valence-electron chi connectivity index (χ3n) is 2.35. The molecule has 0 amide bonds. The van der Waals surface area contributed by atoms with Crippen molar-refractivity contribution >= 4 is 11.6 Å². The lowest BCUT2D eigenvalue weighted by molar-refractivity contribution is -0.0373. The molecule has 0 atom stereocenters. The van der Waals surface area contributed by atoms with Gasteiger partial charge in [0.2, 0.25) is 0 Å². The Labute approximate surface area is 105 Å². The lowest BCUT2D eigenvalue weighted by Crippen LogP contribution is -2.31. The smallest absolute Gasteiger partial charge is 0.287 e. The predicted molar refractivity (Wildman–Crippen MR) is 66.2 cm³/mol. The minimum Gasteiger partial charge on any atom is -0.390 e. The molecule has 18 heavy (non-hydrogen) atoms. The zero-order valence-electron chi connectivity index (χ0n) is 10.7. The average molecular weight is 260 g/mol. The molecule has 0 saturated heterocycles. The van der Waals surface area contributed by atoms with E-state index in [4.69, 9.17) is 5.11 Å². The summed E-state index contributed by atoms with van der Waals surface area (Å²) in [5.41, 5.74) is 0.677. The van der Waals surface area contributed by atoms with Crippen LogP contribution in [0.1, 0.15) is 18.3 Å². The van der Waals surface area contributed by atoms with Gasteiger partial charge in [-0.25, -0.2) is 18.7 Å². The highest BCUT2D eigenvalue weighted by atomic mass is 19.3. The summed E-state index contributed by atoms with van der Waals surface area (Å²) < 4.78 is 25.9. The van der Waals surface area contributed by atoms with Gasteiger partial charge in [-0.3, -0.25) is 0 Å². The molecule has 0 aromatic carbocycles. The second kappa shape index (κ2) is 5.90. The molecule has 0 radical (unpaired) electrons. The number of aliphatic hydroxyl groups excluding tert-OH is 1. The number of nitrogens with one attached hydrogen (secondary N) is 2. The molecule has 1 aromatic heterocycles. The third kappa shape index (κ3) is 3.76. The molecule has 1 heterocycles. The number of halogens is 2. The first-order chi connectivity index (χ1) is 8.39. The van der Waals surface area contributed by atoms with Crippen molar-refractivity contribution in [1.29, 1.82) is 0 Å². The summed E-state index contributed by atoms with van der Waals surface area (Å²) in [6.45, 7) is 4.19. The van der Waals surface area contributed by atoms with Crippen molar-refractivity contribution in [2.24, 2.45) is 0 Å². The largest absolute Gasteiger partial charge is 0.390 e. The highest BCUT2D eigenvalue weighted by molar-refractivity contribution is 5.57. The van der Waals surface area contributed by atoms with Crippen LogP contribution in [-0.4, -0.2) is 40.7 Å². The van der Waals surface area contributed by atoms with E-state index >= 15 is 0 Å². The Morgan fingerprint density at radius 1 is 1.17 bits per heavy atom. The van der Waals surface area contributed by atoms with Crippen LogP contribution in [0.2, 0.25) is 0 Å². The van der Waals surface area contributed by atoms with E-state index in [9.17, 15) is 8.78 Å². The molecular formula is C11H18F2N4O. The molecule has 7 heteroatoms. The van der Waals surface area contributed by atoms with Gasteiger partial charge >= 0.3 is 0 Å². The summed E-state index contributed by atoms with van der Waals surface area (Å²) >= 11 is 0. The Kier molecular flexibility index (Phi) is 4.77. The minimum atomic E-state index is -3.16. The van der Waals surface area contributed by atoms with E-state index in [1.54, 1.807) is 13.8 Å². The van der Waals surface area contributed by atoms with Crippen molar-refractivity contribution < 1.29 is 13.9 Å². The van der Waals surface area contributed by atoms with Crippen molar-refractivity contribution in [3.63, 3.8) is 0 Å². The van der Waals surface area contributed by atoms with Crippen molar-refractivity contribution in [2.75, 3.05) is 30.3 Å². The lowest BCUT2D eigenvalue weighted by Gasteiger charge is -2.17. The Morgan fingerprint density at radius 2 is 1.72 bits per heavy atom. The van der Waals surface area contributed by atoms with Crippen LogP contribution in [0.25, 0.3) is 0 Å². The number of aryl methyl sites for hydroxylation is 1. The predicted octanol–water partition coefficient (Wildman–Crippen LogP) is 1.56. The number of hydrogen-bond donors (Lipinski definition) is 3. The second-order valence-electron chi connectivity index (χ2n) is 3.99. The summed E-state index contributed by atoms with van der Waals surface area (Å²) in [5, 5.41) is 14.1. The van der Waals surface area contributed by atoms with E-state index < -0.39 is 19.1 Å². The fourth-order valence-corrected chi connectivity index (χ4v) is 1.41. The number of anilines is 2. The third-order valence-corrected chi connectivity index (χ3v) is 2.35. The molecule has 0 aliphatic carbocycles. The zero-order chi connectivity index (χ0) is 13.8. The van der Waals surface area contributed by atoms with Crippen molar-refractivity contribution in [1.82, 2.24) is 9.97 Å². The van der Waals surface area contributed by atoms with Crippen molar-refractivity contribution in [2.45, 2.75) is 26.7 Å². The maximum atomic E-state index is 12.9. The molecule has 0 aliphatic rings. The maximum absolute atomic E-state index is 12.9. The standard InChI is InChI=1S/C11H18F2N4O/c1-4-14-9-7(2)10(17-8(3)16-9)15-5-11(12,13)6-18/h18H,4-6H2,1-3H3,(H2,14,15,16,17). The van der Waals surface area contributed by atoms with E-state index in [1.807, 2.05) is 6.92 Å². The van der Waals surface area contributed by atoms with Gasteiger partial charge in [0.15, 0.2) is 0 Å². The van der Waals surface area contributed by atoms with Crippen LogP contribution in [0.5, 0.6) is 0 Å². The minimum absolute atomic E-state index is 0.353. The average Bonchev–Trinajstić information content (AvgIpc) is 2.32. The zero-order valence-corrected chi connectivity index (χ0v) is 10.7. The van der Waals surface area contributed by atoms with E-state index in [1.165, 1.54) is 0 Å². The van der Waals surface area contributed by atoms with Crippen LogP contribution in [0, 0.1) is 13.8 Å². The van der Waals surface area contributed by atoms with E-state index in [0.29, 0.717) is 29.6 Å². The van der Waals surface area contributed by atoms with E-state index in [0.717, 1.165) is 0 Å². The number of aliphatic hydroxyl groups is 1. The van der Waals surface area contributed by atoms with Gasteiger partial charge in [0.1, 0.15) is 24.1 Å². The number of rotatable bonds is 6. The first kappa shape index (κ1) is 14.6. The molecule has 0 spiro atoms. The molecule has 102 valence electrons. The number of aromatic nitrogens is 2. The van der Waals surface area contributed by atoms with Gasteiger partial charge in [0.05, 0.1) is 6.54 Å². The van der Waals surface area contributed by atoms with E-state index in [-0.39, 0.29) is 0 Å². The summed E-state index contributed by atoms with van der Waals surface area (Å²) in [4.78, 5) is 8.26. The van der Waals surface area contributed by atoms with Crippen LogP contribution < -0.4 is 10.6 Å². The Hall–Kier alpha value is -1.50. The normalized spacial score (nSPS) is 11.4. The van der Waals surface area contributed by atoms with Crippen LogP contribution >= 0.6 is 0 Å². The fraction of sp³-hybridized carbons (Fsp3) is 0.636. The van der Waals surface area contributed by atoms with Gasteiger partial charge in [-0.15, -0.1) is 0 Å². The van der Waals surface area contributed by atoms with Crippen molar-refractivity contribution in [3.05, 3.63) is 11.4 Å². The van der Waals surface area contributed by atoms with Gasteiger partial charge < -0.3 is 15.7 Å². The topological polar surface area (TPSA) is 70.1 Å². The number of hydrogen-bond acceptors (Lipinski definition) is 5. The van der Waals surface area contributed by atoms with Gasteiger partial charge in [-0.2, -0.15) is 0 Å². The Morgan fingerprint density at radius 3 is 2.22 bits per heavy atom. The quantitative estimate of drug-likeness (QED) is 0.724. The molecule has 1 aromatic rings. The maximum Gasteiger partial charge on any atom is 0.287 e. The summed E-state index contributed by atoms with van der Waals surface area (Å²) in [6, 6.07) is 0. The first-order valence-corrected chi connectivity index (χ1v) is 5.71. The van der Waals surface area contributed by atoms with Crippen LogP contribution in [-0.2, 0) is 0 Å². The molecule has 5 nitrogen and oxygen atoms in total. The van der Waals surface area contributed by atoms with Crippen molar-refractivity contribution in [3.8, 4) is 0 Å². The molecule has 3 N–H and O–H groups in total. The van der Waals surface area contributed by atoms with Crippen LogP contribution in [0.4, 0.5) is 20.4 Å². The molecule has 0 fully saturated rings. The van der Waals surface area contributed by atoms with Gasteiger partial charge in [0, 0.05) is 12.1 Å². The highest BCUT2D eigenvalue weighted by Gasteiger charge is 2.27. The summed E-state index contributed by atoms with van der Waals surface area (Å²) in [7, 11) is 0. The summed E-state index contributed by atoms with van der Waals surface area (Å²) in [6.07, 6.45) is 0. The summed E-state index contributed by atoms with van der Waals surface area (Å²) in [5.74, 6) is -1.69. The number of nitrogens with zero attached hydrogens (tertiary/aromatic N) is 2. The lowest BCUT2D eigenvalue weighted by atomic mass is 10.2. The van der Waals surface area contributed by atoms with Crippen LogP contribution in [0.3, 0.4) is 0 Å². The molecular weight excluding hydrogens is 242 g/mol. The molecule has 0 aliphatic heterocycles. The number of alkyl halides is 2. The monoisotopic (exact) mass is 260 g/mol. The Balaban J connectivity index is 2.88. The van der Waals surface area contributed by atoms with E-state index in [2.05, 4.69) is 20.6 Å². The SMILES string of the molecule is CCNc1nc(C)nc(NCC(F)(F)CO)c1C. The van der Waals surface area contributed by atoms with Gasteiger partial charge in [-0.1, -0.05) is 0 Å².